The van der Waals surface area contributed by atoms with E-state index < -0.39 is 0 Å². The van der Waals surface area contributed by atoms with Gasteiger partial charge in [-0.25, -0.2) is 0 Å². The summed E-state index contributed by atoms with van der Waals surface area (Å²) in [5.74, 6) is 0. The molecule has 2 heterocycles. The molecule has 3 heteroatoms. The van der Waals surface area contributed by atoms with Crippen molar-refractivity contribution in [2.24, 2.45) is 5.41 Å². The van der Waals surface area contributed by atoms with Gasteiger partial charge in [0.1, 0.15) is 0 Å². The Kier molecular flexibility index (Phi) is 5.73. The normalized spacial score (nSPS) is 24.6. The number of nitrogens with one attached hydrogen (secondary N) is 1. The molecule has 0 amide bonds. The average molecular weight is 228 g/mol. The maximum Gasteiger partial charge on any atom is 0.0554 e. The minimum atomic E-state index is 0.430. The molecule has 2 saturated heterocycles. The second kappa shape index (κ2) is 6.58. The summed E-state index contributed by atoms with van der Waals surface area (Å²) < 4.78 is 5.29. The first-order chi connectivity index (χ1) is 7.70. The zero-order valence-corrected chi connectivity index (χ0v) is 11.4. The van der Waals surface area contributed by atoms with Crippen LogP contribution < -0.4 is 5.32 Å². The van der Waals surface area contributed by atoms with Gasteiger partial charge in [0, 0.05) is 18.0 Å². The van der Waals surface area contributed by atoms with Crippen LogP contribution in [0.3, 0.4) is 0 Å². The fourth-order valence-electron chi connectivity index (χ4n) is 2.52. The Morgan fingerprint density at radius 2 is 1.81 bits per heavy atom. The number of ether oxygens (including phenoxy) is 1. The molecule has 0 radical (unpaired) electrons. The van der Waals surface area contributed by atoms with E-state index in [1.165, 1.54) is 32.5 Å². The van der Waals surface area contributed by atoms with Gasteiger partial charge in [0.2, 0.25) is 0 Å². The van der Waals surface area contributed by atoms with Crippen LogP contribution in [0.2, 0.25) is 0 Å². The highest BCUT2D eigenvalue weighted by atomic mass is 16.5. The smallest absolute Gasteiger partial charge is 0.0554 e. The summed E-state index contributed by atoms with van der Waals surface area (Å²) in [5, 5.41) is 3.41. The monoisotopic (exact) mass is 228 g/mol. The summed E-state index contributed by atoms with van der Waals surface area (Å²) in [5.41, 5.74) is 0.430. The third-order valence-electron chi connectivity index (χ3n) is 3.46. The lowest BCUT2D eigenvalue weighted by molar-refractivity contribution is -0.117. The molecule has 2 aliphatic heterocycles. The second-order valence-corrected chi connectivity index (χ2v) is 5.20. The van der Waals surface area contributed by atoms with E-state index in [0.717, 1.165) is 19.3 Å². The van der Waals surface area contributed by atoms with Crippen molar-refractivity contribution in [1.82, 2.24) is 10.2 Å². The summed E-state index contributed by atoms with van der Waals surface area (Å²) in [6, 6.07) is 0.786. The molecule has 1 N–H and O–H groups in total. The molecule has 2 aliphatic rings. The molecule has 0 unspecified atom stereocenters. The number of hydrogen-bond donors (Lipinski definition) is 1. The van der Waals surface area contributed by atoms with Crippen LogP contribution in [-0.4, -0.2) is 50.8 Å². The Morgan fingerprint density at radius 3 is 2.25 bits per heavy atom. The lowest BCUT2D eigenvalue weighted by Crippen LogP contribution is -2.51. The molecule has 3 nitrogen and oxygen atoms in total. The lowest BCUT2D eigenvalue weighted by atomic mass is 9.87. The molecule has 2 fully saturated rings. The molecule has 2 rings (SSSR count). The molecule has 0 aliphatic carbocycles. The Morgan fingerprint density at radius 1 is 1.25 bits per heavy atom. The van der Waals surface area contributed by atoms with Gasteiger partial charge in [0.15, 0.2) is 0 Å². The number of rotatable bonds is 3. The minimum absolute atomic E-state index is 0.430. The summed E-state index contributed by atoms with van der Waals surface area (Å²) in [6.45, 7) is 11.8. The molecule has 0 bridgehead atoms. The molecular weight excluding hydrogens is 200 g/mol. The van der Waals surface area contributed by atoms with Crippen LogP contribution in [-0.2, 0) is 4.74 Å². The van der Waals surface area contributed by atoms with Crippen LogP contribution in [0.5, 0.6) is 0 Å². The van der Waals surface area contributed by atoms with E-state index in [0.29, 0.717) is 5.41 Å². The molecule has 16 heavy (non-hydrogen) atoms. The standard InChI is InChI=1S/C11H22N2O.C2H6/c1-11(8-14-9-11)7-13(2)10-3-5-12-6-4-10;1-2/h10,12H,3-9H2,1-2H3;1-2H3. The van der Waals surface area contributed by atoms with Gasteiger partial charge in [0.25, 0.3) is 0 Å². The maximum absolute atomic E-state index is 5.29. The summed E-state index contributed by atoms with van der Waals surface area (Å²) in [6.07, 6.45) is 2.60. The van der Waals surface area contributed by atoms with E-state index in [-0.39, 0.29) is 0 Å². The van der Waals surface area contributed by atoms with Crippen LogP contribution >= 0.6 is 0 Å². The van der Waals surface area contributed by atoms with E-state index in [1.807, 2.05) is 13.8 Å². The predicted octanol–water partition coefficient (Wildman–Crippen LogP) is 1.73. The molecule has 0 aromatic rings. The van der Waals surface area contributed by atoms with Crippen LogP contribution in [0.1, 0.15) is 33.6 Å². The topological polar surface area (TPSA) is 24.5 Å². The molecule has 96 valence electrons. The summed E-state index contributed by atoms with van der Waals surface area (Å²) in [7, 11) is 2.26. The van der Waals surface area contributed by atoms with Crippen LogP contribution in [0.25, 0.3) is 0 Å². The van der Waals surface area contributed by atoms with Crippen molar-refractivity contribution in [3.63, 3.8) is 0 Å². The van der Waals surface area contributed by atoms with Crippen molar-refractivity contribution in [2.75, 3.05) is 39.9 Å². The van der Waals surface area contributed by atoms with E-state index in [9.17, 15) is 0 Å². The number of piperidine rings is 1. The molecule has 0 spiro atoms. The van der Waals surface area contributed by atoms with E-state index >= 15 is 0 Å². The average Bonchev–Trinajstić information content (AvgIpc) is 2.31. The highest BCUT2D eigenvalue weighted by Gasteiger charge is 2.35. The van der Waals surface area contributed by atoms with E-state index in [4.69, 9.17) is 4.74 Å². The zero-order valence-electron chi connectivity index (χ0n) is 11.4. The van der Waals surface area contributed by atoms with E-state index in [1.54, 1.807) is 0 Å². The highest BCUT2D eigenvalue weighted by Crippen LogP contribution is 2.28. The highest BCUT2D eigenvalue weighted by molar-refractivity contribution is 4.86. The number of nitrogens with zero attached hydrogens (tertiary/aromatic N) is 1. The molecule has 0 atom stereocenters. The Bertz CT molecular complexity index is 186. The molecule has 0 aromatic heterocycles. The minimum Gasteiger partial charge on any atom is -0.380 e. The Labute approximate surface area is 101 Å². The van der Waals surface area contributed by atoms with Crippen molar-refractivity contribution < 1.29 is 4.74 Å². The van der Waals surface area contributed by atoms with Crippen LogP contribution in [0.4, 0.5) is 0 Å². The largest absolute Gasteiger partial charge is 0.380 e. The Hall–Kier alpha value is -0.120. The Balaban J connectivity index is 0.000000606. The van der Waals surface area contributed by atoms with Gasteiger partial charge in [-0.2, -0.15) is 0 Å². The van der Waals surface area contributed by atoms with Gasteiger partial charge in [-0.05, 0) is 33.0 Å². The van der Waals surface area contributed by atoms with Crippen molar-refractivity contribution in [3.05, 3.63) is 0 Å². The summed E-state index contributed by atoms with van der Waals surface area (Å²) >= 11 is 0. The fourth-order valence-corrected chi connectivity index (χ4v) is 2.52. The third kappa shape index (κ3) is 3.72. The molecular formula is C13H28N2O. The molecule has 0 saturated carbocycles. The van der Waals surface area contributed by atoms with Crippen LogP contribution in [0.15, 0.2) is 0 Å². The summed E-state index contributed by atoms with van der Waals surface area (Å²) in [4.78, 5) is 2.53. The van der Waals surface area contributed by atoms with Gasteiger partial charge >= 0.3 is 0 Å². The maximum atomic E-state index is 5.29. The van der Waals surface area contributed by atoms with Crippen molar-refractivity contribution in [3.8, 4) is 0 Å². The van der Waals surface area contributed by atoms with Gasteiger partial charge < -0.3 is 15.0 Å². The van der Waals surface area contributed by atoms with Gasteiger partial charge in [-0.15, -0.1) is 0 Å². The predicted molar refractivity (Wildman–Crippen MR) is 68.8 cm³/mol. The van der Waals surface area contributed by atoms with Gasteiger partial charge in [-0.1, -0.05) is 20.8 Å². The van der Waals surface area contributed by atoms with Crippen molar-refractivity contribution in [1.29, 1.82) is 0 Å². The van der Waals surface area contributed by atoms with Gasteiger partial charge in [-0.3, -0.25) is 0 Å². The zero-order chi connectivity index (χ0) is 12.0. The third-order valence-corrected chi connectivity index (χ3v) is 3.46. The second-order valence-electron chi connectivity index (χ2n) is 5.20. The van der Waals surface area contributed by atoms with Gasteiger partial charge in [0.05, 0.1) is 13.2 Å². The first-order valence-corrected chi connectivity index (χ1v) is 6.68. The lowest BCUT2D eigenvalue weighted by Gasteiger charge is -2.43. The molecule has 0 aromatic carbocycles. The number of hydrogen-bond acceptors (Lipinski definition) is 3. The fraction of sp³-hybridized carbons (Fsp3) is 1.00. The first-order valence-electron chi connectivity index (χ1n) is 6.68. The van der Waals surface area contributed by atoms with Crippen molar-refractivity contribution in [2.45, 2.75) is 39.7 Å². The van der Waals surface area contributed by atoms with Crippen molar-refractivity contribution >= 4 is 0 Å². The quantitative estimate of drug-likeness (QED) is 0.796. The first kappa shape index (κ1) is 13.9. The van der Waals surface area contributed by atoms with Crippen LogP contribution in [0, 0.1) is 5.41 Å². The van der Waals surface area contributed by atoms with E-state index in [2.05, 4.69) is 24.2 Å². The SMILES string of the molecule is CC.CN(CC1(C)COC1)C1CCNCC1.